The van der Waals surface area contributed by atoms with Crippen LogP contribution in [-0.2, 0) is 0 Å². The summed E-state index contributed by atoms with van der Waals surface area (Å²) in [6.45, 7) is 2.04. The number of amides is 1. The fraction of sp³-hybridized carbons (Fsp3) is 0.364. The van der Waals surface area contributed by atoms with Crippen molar-refractivity contribution < 1.29 is 10.1 Å². The van der Waals surface area contributed by atoms with E-state index in [0.717, 1.165) is 25.1 Å². The SMILES string of the molecule is O=C1c2ccccc2[C@H]2[NH2+]CCCN12. The van der Waals surface area contributed by atoms with Gasteiger partial charge in [0.25, 0.3) is 5.91 Å². The molecule has 0 radical (unpaired) electrons. The van der Waals surface area contributed by atoms with Crippen LogP contribution in [0.4, 0.5) is 0 Å². The zero-order valence-electron chi connectivity index (χ0n) is 7.94. The van der Waals surface area contributed by atoms with Gasteiger partial charge in [0.15, 0.2) is 6.17 Å². The molecule has 0 aliphatic carbocycles. The Hall–Kier alpha value is -1.35. The smallest absolute Gasteiger partial charge is 0.259 e. The lowest BCUT2D eigenvalue weighted by Crippen LogP contribution is -2.90. The highest BCUT2D eigenvalue weighted by Gasteiger charge is 2.40. The van der Waals surface area contributed by atoms with E-state index in [-0.39, 0.29) is 12.1 Å². The van der Waals surface area contributed by atoms with E-state index in [1.165, 1.54) is 5.56 Å². The van der Waals surface area contributed by atoms with E-state index in [9.17, 15) is 4.79 Å². The van der Waals surface area contributed by atoms with Crippen molar-refractivity contribution in [1.29, 1.82) is 0 Å². The zero-order valence-corrected chi connectivity index (χ0v) is 7.94. The molecule has 2 aliphatic rings. The van der Waals surface area contributed by atoms with E-state index >= 15 is 0 Å². The van der Waals surface area contributed by atoms with E-state index in [4.69, 9.17) is 0 Å². The molecule has 0 saturated carbocycles. The summed E-state index contributed by atoms with van der Waals surface area (Å²) in [5.41, 5.74) is 2.09. The second-order valence-electron chi connectivity index (χ2n) is 3.91. The third-order valence-electron chi connectivity index (χ3n) is 3.10. The molecule has 0 bridgehead atoms. The van der Waals surface area contributed by atoms with E-state index in [1.807, 2.05) is 23.1 Å². The number of nitrogens with two attached hydrogens (primary N) is 1. The van der Waals surface area contributed by atoms with Gasteiger partial charge in [0, 0.05) is 18.5 Å². The van der Waals surface area contributed by atoms with Gasteiger partial charge in [-0.15, -0.1) is 0 Å². The van der Waals surface area contributed by atoms with Gasteiger partial charge in [-0.05, 0) is 6.07 Å². The van der Waals surface area contributed by atoms with Gasteiger partial charge in [0.2, 0.25) is 0 Å². The first-order chi connectivity index (χ1) is 6.88. The average Bonchev–Trinajstić information content (AvgIpc) is 2.55. The highest BCUT2D eigenvalue weighted by molar-refractivity contribution is 5.98. The maximum absolute atomic E-state index is 11.9. The summed E-state index contributed by atoms with van der Waals surface area (Å²) >= 11 is 0. The predicted octanol–water partition coefficient (Wildman–Crippen LogP) is 0.108. The van der Waals surface area contributed by atoms with E-state index in [0.29, 0.717) is 0 Å². The second-order valence-corrected chi connectivity index (χ2v) is 3.91. The summed E-state index contributed by atoms with van der Waals surface area (Å²) in [6, 6.07) is 7.96. The minimum absolute atomic E-state index is 0.210. The molecular weight excluding hydrogens is 176 g/mol. The fourth-order valence-electron chi connectivity index (χ4n) is 2.43. The minimum Gasteiger partial charge on any atom is -0.323 e. The van der Waals surface area contributed by atoms with Gasteiger partial charge in [-0.2, -0.15) is 0 Å². The molecule has 2 aliphatic heterocycles. The van der Waals surface area contributed by atoms with Crippen LogP contribution in [0, 0.1) is 0 Å². The molecule has 72 valence electrons. The average molecular weight is 189 g/mol. The first-order valence-corrected chi connectivity index (χ1v) is 5.11. The van der Waals surface area contributed by atoms with Crippen molar-refractivity contribution in [2.45, 2.75) is 12.6 Å². The topological polar surface area (TPSA) is 36.9 Å². The quantitative estimate of drug-likeness (QED) is 0.618. The molecule has 3 heteroatoms. The molecule has 1 amide bonds. The molecule has 3 rings (SSSR count). The van der Waals surface area contributed by atoms with E-state index in [1.54, 1.807) is 0 Å². The van der Waals surface area contributed by atoms with Gasteiger partial charge >= 0.3 is 0 Å². The number of carbonyl (C=O) groups is 1. The number of quaternary nitrogens is 1. The van der Waals surface area contributed by atoms with Crippen LogP contribution in [-0.4, -0.2) is 23.9 Å². The maximum Gasteiger partial charge on any atom is 0.259 e. The summed E-state index contributed by atoms with van der Waals surface area (Å²) in [7, 11) is 0. The van der Waals surface area contributed by atoms with Crippen molar-refractivity contribution in [3.63, 3.8) is 0 Å². The number of rotatable bonds is 0. The Bertz CT molecular complexity index is 389. The lowest BCUT2D eigenvalue weighted by Gasteiger charge is -2.27. The van der Waals surface area contributed by atoms with Crippen LogP contribution in [0.2, 0.25) is 0 Å². The lowest BCUT2D eigenvalue weighted by molar-refractivity contribution is -0.721. The van der Waals surface area contributed by atoms with Gasteiger partial charge in [-0.1, -0.05) is 18.2 Å². The lowest BCUT2D eigenvalue weighted by atomic mass is 10.1. The Labute approximate surface area is 82.7 Å². The molecule has 2 heterocycles. The molecule has 2 N–H and O–H groups in total. The molecule has 1 aromatic rings. The van der Waals surface area contributed by atoms with Crippen molar-refractivity contribution in [3.05, 3.63) is 35.4 Å². The fourth-order valence-corrected chi connectivity index (χ4v) is 2.43. The molecule has 14 heavy (non-hydrogen) atoms. The third-order valence-corrected chi connectivity index (χ3v) is 3.10. The molecule has 1 saturated heterocycles. The van der Waals surface area contributed by atoms with Crippen molar-refractivity contribution in [3.8, 4) is 0 Å². The summed E-state index contributed by atoms with van der Waals surface area (Å²) in [5, 5.41) is 2.26. The molecule has 0 spiro atoms. The van der Waals surface area contributed by atoms with Crippen LogP contribution in [0.15, 0.2) is 24.3 Å². The highest BCUT2D eigenvalue weighted by atomic mass is 16.2. The Kier molecular flexibility index (Phi) is 1.61. The summed E-state index contributed by atoms with van der Waals surface area (Å²) in [5.74, 6) is 0.210. The van der Waals surface area contributed by atoms with Gasteiger partial charge in [-0.3, -0.25) is 9.69 Å². The number of hydrogen-bond acceptors (Lipinski definition) is 1. The number of benzene rings is 1. The Morgan fingerprint density at radius 1 is 1.36 bits per heavy atom. The van der Waals surface area contributed by atoms with E-state index in [2.05, 4.69) is 11.4 Å². The second kappa shape index (κ2) is 2.82. The van der Waals surface area contributed by atoms with Crippen molar-refractivity contribution >= 4 is 5.91 Å². The van der Waals surface area contributed by atoms with Gasteiger partial charge in [0.1, 0.15) is 0 Å². The highest BCUT2D eigenvalue weighted by Crippen LogP contribution is 2.29. The molecule has 1 aromatic carbocycles. The van der Waals surface area contributed by atoms with E-state index < -0.39 is 0 Å². The summed E-state index contributed by atoms with van der Waals surface area (Å²) < 4.78 is 0. The monoisotopic (exact) mass is 189 g/mol. The van der Waals surface area contributed by atoms with Crippen LogP contribution in [0.1, 0.15) is 28.5 Å². The summed E-state index contributed by atoms with van der Waals surface area (Å²) in [6.07, 6.45) is 1.36. The molecule has 3 nitrogen and oxygen atoms in total. The molecule has 0 aromatic heterocycles. The minimum atomic E-state index is 0.210. The molecule has 1 fully saturated rings. The van der Waals surface area contributed by atoms with Crippen LogP contribution in [0.5, 0.6) is 0 Å². The Morgan fingerprint density at radius 2 is 2.21 bits per heavy atom. The third kappa shape index (κ3) is 0.930. The first-order valence-electron chi connectivity index (χ1n) is 5.11. The van der Waals surface area contributed by atoms with Crippen LogP contribution < -0.4 is 5.32 Å². The Morgan fingerprint density at radius 3 is 3.14 bits per heavy atom. The van der Waals surface area contributed by atoms with Crippen LogP contribution in [0.25, 0.3) is 0 Å². The number of fused-ring (bicyclic) bond motifs is 3. The van der Waals surface area contributed by atoms with Gasteiger partial charge in [0.05, 0.1) is 12.1 Å². The largest absolute Gasteiger partial charge is 0.323 e. The maximum atomic E-state index is 11.9. The van der Waals surface area contributed by atoms with Crippen molar-refractivity contribution in [1.82, 2.24) is 4.90 Å². The van der Waals surface area contributed by atoms with Gasteiger partial charge < -0.3 is 5.32 Å². The standard InChI is InChI=1S/C11H12N2O/c14-11-9-5-2-1-4-8(9)10-12-6-3-7-13(10)11/h1-2,4-5,10,12H,3,6-7H2/p+1/t10-/m0/s1. The zero-order chi connectivity index (χ0) is 9.54. The van der Waals surface area contributed by atoms with Crippen LogP contribution >= 0.6 is 0 Å². The Balaban J connectivity index is 2.11. The van der Waals surface area contributed by atoms with Crippen molar-refractivity contribution in [2.75, 3.05) is 13.1 Å². The van der Waals surface area contributed by atoms with Crippen molar-refractivity contribution in [2.24, 2.45) is 0 Å². The number of nitrogens with zero attached hydrogens (tertiary/aromatic N) is 1. The molecule has 0 unspecified atom stereocenters. The van der Waals surface area contributed by atoms with Crippen LogP contribution in [0.3, 0.4) is 0 Å². The number of hydrogen-bond donors (Lipinski definition) is 1. The molecule has 1 atom stereocenters. The summed E-state index contributed by atoms with van der Waals surface area (Å²) in [4.78, 5) is 13.9. The predicted molar refractivity (Wildman–Crippen MR) is 51.6 cm³/mol. The first kappa shape index (κ1) is 8.00. The van der Waals surface area contributed by atoms with Gasteiger partial charge in [-0.25, -0.2) is 0 Å². The normalized spacial score (nSPS) is 24.7. The molecular formula is C11H13N2O+. The number of carbonyl (C=O) groups excluding carboxylic acids is 1.